The first kappa shape index (κ1) is 26.0. The number of hydrogen-bond donors (Lipinski definition) is 0. The van der Waals surface area contributed by atoms with Gasteiger partial charge in [0, 0.05) is 64.5 Å². The number of quaternary nitrogens is 1. The zero-order valence-corrected chi connectivity index (χ0v) is 24.3. The van der Waals surface area contributed by atoms with Gasteiger partial charge >= 0.3 is 0 Å². The van der Waals surface area contributed by atoms with Gasteiger partial charge < -0.3 is 4.57 Å². The number of para-hydroxylation sites is 5. The first-order valence-corrected chi connectivity index (χ1v) is 15.1. The third kappa shape index (κ3) is 4.08. The Balaban J connectivity index is 1.42. The second-order valence-corrected chi connectivity index (χ2v) is 11.1. The van der Waals surface area contributed by atoms with Crippen molar-refractivity contribution in [3.05, 3.63) is 188 Å². The summed E-state index contributed by atoms with van der Waals surface area (Å²) in [7, 11) is 0. The Labute approximate surface area is 257 Å². The molecule has 0 amide bonds. The largest absolute Gasteiger partial charge is 0.309 e. The molecule has 8 aromatic rings. The first-order valence-electron chi connectivity index (χ1n) is 15.1. The Morgan fingerprint density at radius 1 is 0.341 bits per heavy atom. The molecule has 2 nitrogen and oxygen atoms in total. The molecule has 44 heavy (non-hydrogen) atoms. The molecule has 0 aliphatic carbocycles. The highest BCUT2D eigenvalue weighted by molar-refractivity contribution is 6.09. The van der Waals surface area contributed by atoms with E-state index in [4.69, 9.17) is 0 Å². The van der Waals surface area contributed by atoms with Gasteiger partial charge in [0.25, 0.3) is 0 Å². The molecule has 0 bridgehead atoms. The molecule has 0 fully saturated rings. The topological polar surface area (TPSA) is 4.93 Å². The molecule has 208 valence electrons. The van der Waals surface area contributed by atoms with E-state index >= 15 is 0 Å². The van der Waals surface area contributed by atoms with Crippen LogP contribution in [0.2, 0.25) is 0 Å². The zero-order chi connectivity index (χ0) is 29.3. The van der Waals surface area contributed by atoms with Crippen LogP contribution in [0, 0.1) is 0 Å². The van der Waals surface area contributed by atoms with Gasteiger partial charge in [-0.05, 0) is 35.9 Å². The van der Waals surface area contributed by atoms with Crippen molar-refractivity contribution in [2.24, 2.45) is 0 Å². The molecule has 0 saturated heterocycles. The molecule has 0 unspecified atom stereocenters. The minimum absolute atomic E-state index is 0.445. The lowest BCUT2D eigenvalue weighted by Gasteiger charge is -2.38. The lowest BCUT2D eigenvalue weighted by atomic mass is 9.98. The number of fused-ring (bicyclic) bond motifs is 3. The summed E-state index contributed by atoms with van der Waals surface area (Å²) in [5.41, 5.74) is 10.7. The van der Waals surface area contributed by atoms with E-state index in [-0.39, 0.29) is 0 Å². The van der Waals surface area contributed by atoms with Crippen LogP contribution in [0.5, 0.6) is 0 Å². The molecule has 0 radical (unpaired) electrons. The van der Waals surface area contributed by atoms with Crippen LogP contribution in [-0.2, 0) is 0 Å². The molecule has 1 aromatic heterocycles. The molecule has 0 saturated carbocycles. The first-order chi connectivity index (χ1) is 21.9. The number of benzene rings is 7. The maximum atomic E-state index is 2.38. The highest BCUT2D eigenvalue weighted by Gasteiger charge is 2.41. The van der Waals surface area contributed by atoms with Crippen molar-refractivity contribution in [1.29, 1.82) is 0 Å². The molecule has 1 heterocycles. The summed E-state index contributed by atoms with van der Waals surface area (Å²) in [6, 6.07) is 67.8. The fourth-order valence-corrected chi connectivity index (χ4v) is 6.82. The SMILES string of the molecule is c1ccc(-c2ccccc2[N+](c2ccccc2)(c2ccccc2)c2ccc(-n3c4ccccc4c4ccccc43)cc2)cc1. The summed E-state index contributed by atoms with van der Waals surface area (Å²) in [6.07, 6.45) is 0. The van der Waals surface area contributed by atoms with E-state index in [0.29, 0.717) is 4.48 Å². The predicted molar refractivity (Wildman–Crippen MR) is 186 cm³/mol. The fraction of sp³-hybridized carbons (Fsp3) is 0. The van der Waals surface area contributed by atoms with Gasteiger partial charge in [-0.3, -0.25) is 0 Å². The summed E-state index contributed by atoms with van der Waals surface area (Å²) in [5, 5.41) is 2.53. The highest BCUT2D eigenvalue weighted by atomic mass is 15.4. The second-order valence-electron chi connectivity index (χ2n) is 11.1. The molecule has 0 atom stereocenters. The molecule has 7 aromatic carbocycles. The maximum absolute atomic E-state index is 2.38. The quantitative estimate of drug-likeness (QED) is 0.177. The van der Waals surface area contributed by atoms with Gasteiger partial charge in [-0.2, -0.15) is 4.48 Å². The summed E-state index contributed by atoms with van der Waals surface area (Å²) >= 11 is 0. The van der Waals surface area contributed by atoms with Crippen LogP contribution in [0.1, 0.15) is 0 Å². The van der Waals surface area contributed by atoms with Gasteiger partial charge in [-0.25, -0.2) is 0 Å². The zero-order valence-electron chi connectivity index (χ0n) is 24.3. The van der Waals surface area contributed by atoms with E-state index in [1.807, 2.05) is 0 Å². The Bertz CT molecular complexity index is 2100. The van der Waals surface area contributed by atoms with Gasteiger partial charge in [0.2, 0.25) is 0 Å². The summed E-state index contributed by atoms with van der Waals surface area (Å²) in [6.45, 7) is 0. The van der Waals surface area contributed by atoms with Crippen molar-refractivity contribution in [1.82, 2.24) is 9.05 Å². The molecule has 0 N–H and O–H groups in total. The van der Waals surface area contributed by atoms with Crippen molar-refractivity contribution >= 4 is 44.6 Å². The van der Waals surface area contributed by atoms with Crippen LogP contribution < -0.4 is 4.48 Å². The van der Waals surface area contributed by atoms with E-state index in [9.17, 15) is 0 Å². The van der Waals surface area contributed by atoms with Crippen molar-refractivity contribution in [2.75, 3.05) is 0 Å². The average molecular weight is 564 g/mol. The number of rotatable bonds is 6. The van der Waals surface area contributed by atoms with Gasteiger partial charge in [0.15, 0.2) is 5.69 Å². The molecule has 8 rings (SSSR count). The smallest absolute Gasteiger partial charge is 0.156 e. The van der Waals surface area contributed by atoms with E-state index in [2.05, 4.69) is 193 Å². The summed E-state index contributed by atoms with van der Waals surface area (Å²) < 4.78 is 2.83. The van der Waals surface area contributed by atoms with Crippen LogP contribution in [0.25, 0.3) is 38.6 Å². The Morgan fingerprint density at radius 2 is 0.773 bits per heavy atom. The van der Waals surface area contributed by atoms with Gasteiger partial charge in [0.05, 0.1) is 11.0 Å². The Hall–Kier alpha value is -5.70. The maximum Gasteiger partial charge on any atom is 0.156 e. The third-order valence-electron chi connectivity index (χ3n) is 8.71. The van der Waals surface area contributed by atoms with E-state index in [1.54, 1.807) is 0 Å². The van der Waals surface area contributed by atoms with Crippen molar-refractivity contribution in [2.45, 2.75) is 0 Å². The van der Waals surface area contributed by atoms with Crippen LogP contribution >= 0.6 is 0 Å². The normalized spacial score (nSPS) is 11.6. The predicted octanol–water partition coefficient (Wildman–Crippen LogP) is 11.8. The van der Waals surface area contributed by atoms with Gasteiger partial charge in [0.1, 0.15) is 17.1 Å². The number of nitrogens with zero attached hydrogens (tertiary/aromatic N) is 2. The number of aromatic nitrogens is 1. The monoisotopic (exact) mass is 563 g/mol. The standard InChI is InChI=1S/C42H31N2/c1-4-16-32(17-5-1)37-22-12-15-27-42(37)44(34-18-6-2-7-19-34,35-20-8-3-9-21-35)36-30-28-33(29-31-36)43-40-25-13-10-23-38(40)39-24-11-14-26-41(39)43/h1-31H/q+1. The van der Waals surface area contributed by atoms with E-state index in [1.165, 1.54) is 50.0 Å². The Kier molecular flexibility index (Phi) is 6.40. The van der Waals surface area contributed by atoms with Gasteiger partial charge in [-0.1, -0.05) is 115 Å². The van der Waals surface area contributed by atoms with E-state index < -0.39 is 0 Å². The lowest BCUT2D eigenvalue weighted by molar-refractivity contribution is 0.705. The van der Waals surface area contributed by atoms with Crippen LogP contribution in [0.3, 0.4) is 0 Å². The second kappa shape index (κ2) is 10.9. The minimum Gasteiger partial charge on any atom is -0.309 e. The molecule has 2 heteroatoms. The van der Waals surface area contributed by atoms with Crippen LogP contribution in [0.4, 0.5) is 22.7 Å². The Morgan fingerprint density at radius 3 is 1.34 bits per heavy atom. The van der Waals surface area contributed by atoms with Crippen molar-refractivity contribution in [3.63, 3.8) is 0 Å². The third-order valence-corrected chi connectivity index (χ3v) is 8.71. The van der Waals surface area contributed by atoms with E-state index in [0.717, 1.165) is 11.4 Å². The van der Waals surface area contributed by atoms with Crippen molar-refractivity contribution < 1.29 is 0 Å². The van der Waals surface area contributed by atoms with Gasteiger partial charge in [-0.15, -0.1) is 0 Å². The lowest BCUT2D eigenvalue weighted by Crippen LogP contribution is -2.33. The average Bonchev–Trinajstić information content (AvgIpc) is 3.45. The molecule has 0 aliphatic rings. The summed E-state index contributed by atoms with van der Waals surface area (Å²) in [4.78, 5) is 0. The molecule has 0 aliphatic heterocycles. The van der Waals surface area contributed by atoms with Crippen LogP contribution in [0.15, 0.2) is 188 Å². The highest BCUT2D eigenvalue weighted by Crippen LogP contribution is 2.54. The van der Waals surface area contributed by atoms with Crippen LogP contribution in [-0.4, -0.2) is 4.57 Å². The molecule has 0 spiro atoms. The fourth-order valence-electron chi connectivity index (χ4n) is 6.82. The van der Waals surface area contributed by atoms with Crippen molar-refractivity contribution in [3.8, 4) is 16.8 Å². The minimum atomic E-state index is 0.445. The summed E-state index contributed by atoms with van der Waals surface area (Å²) in [5.74, 6) is 0. The molecular weight excluding hydrogens is 532 g/mol. The molecular formula is C42H31N2+. The number of hydrogen-bond acceptors (Lipinski definition) is 0.